The molecule has 1 aliphatic rings. The van der Waals surface area contributed by atoms with Crippen LogP contribution in [0.5, 0.6) is 5.75 Å². The fraction of sp³-hybridized carbons (Fsp3) is 0.148. The van der Waals surface area contributed by atoms with E-state index in [1.807, 2.05) is 91.9 Å². The SMILES string of the molecule is CC1=C(C(=O)NCc2ccccc2)[C@H](c2ccccc2OCc2ccccc2)n2ncnc2N1. The lowest BCUT2D eigenvalue weighted by Gasteiger charge is -2.29. The number of allylic oxidation sites excluding steroid dienone is 1. The molecule has 34 heavy (non-hydrogen) atoms. The molecule has 170 valence electrons. The molecule has 1 atom stereocenters. The van der Waals surface area contributed by atoms with Crippen LogP contribution in [0.3, 0.4) is 0 Å². The van der Waals surface area contributed by atoms with Gasteiger partial charge < -0.3 is 15.4 Å². The first-order valence-electron chi connectivity index (χ1n) is 11.2. The van der Waals surface area contributed by atoms with Crippen LogP contribution in [0.25, 0.3) is 0 Å². The molecular formula is C27H25N5O2. The largest absolute Gasteiger partial charge is 0.489 e. The monoisotopic (exact) mass is 451 g/mol. The van der Waals surface area contributed by atoms with Gasteiger partial charge in [0.2, 0.25) is 5.95 Å². The van der Waals surface area contributed by atoms with Crippen molar-refractivity contribution in [2.75, 3.05) is 5.32 Å². The second kappa shape index (κ2) is 9.62. The topological polar surface area (TPSA) is 81.1 Å². The van der Waals surface area contributed by atoms with E-state index in [-0.39, 0.29) is 5.91 Å². The van der Waals surface area contributed by atoms with Crippen LogP contribution in [0.1, 0.15) is 29.7 Å². The van der Waals surface area contributed by atoms with Crippen molar-refractivity contribution >= 4 is 11.9 Å². The van der Waals surface area contributed by atoms with Crippen LogP contribution in [-0.4, -0.2) is 20.7 Å². The Balaban J connectivity index is 1.47. The van der Waals surface area contributed by atoms with Gasteiger partial charge in [-0.1, -0.05) is 78.9 Å². The third-order valence-corrected chi connectivity index (χ3v) is 5.79. The highest BCUT2D eigenvalue weighted by Gasteiger charge is 2.35. The Labute approximate surface area is 198 Å². The Morgan fingerprint density at radius 3 is 2.41 bits per heavy atom. The number of carbonyl (C=O) groups is 1. The predicted molar refractivity (Wildman–Crippen MR) is 130 cm³/mol. The molecule has 2 N–H and O–H groups in total. The van der Waals surface area contributed by atoms with E-state index in [4.69, 9.17) is 4.74 Å². The number of ether oxygens (including phenoxy) is 1. The highest BCUT2D eigenvalue weighted by molar-refractivity contribution is 5.96. The maximum absolute atomic E-state index is 13.5. The number of para-hydroxylation sites is 1. The second-order valence-corrected chi connectivity index (χ2v) is 8.07. The van der Waals surface area contributed by atoms with Crippen LogP contribution in [0.4, 0.5) is 5.95 Å². The Morgan fingerprint density at radius 2 is 1.65 bits per heavy atom. The van der Waals surface area contributed by atoms with Crippen molar-refractivity contribution in [1.29, 1.82) is 0 Å². The van der Waals surface area contributed by atoms with Crippen LogP contribution < -0.4 is 15.4 Å². The van der Waals surface area contributed by atoms with E-state index in [9.17, 15) is 4.79 Å². The highest BCUT2D eigenvalue weighted by atomic mass is 16.5. The molecule has 0 fully saturated rings. The fourth-order valence-electron chi connectivity index (χ4n) is 4.12. The predicted octanol–water partition coefficient (Wildman–Crippen LogP) is 4.46. The average Bonchev–Trinajstić information content (AvgIpc) is 3.35. The molecule has 1 aliphatic heterocycles. The minimum atomic E-state index is -0.485. The molecule has 7 nitrogen and oxygen atoms in total. The summed E-state index contributed by atoms with van der Waals surface area (Å²) in [7, 11) is 0. The van der Waals surface area contributed by atoms with Crippen LogP contribution >= 0.6 is 0 Å². The summed E-state index contributed by atoms with van der Waals surface area (Å²) in [6, 6.07) is 27.1. The van der Waals surface area contributed by atoms with Gasteiger partial charge in [-0.3, -0.25) is 4.79 Å². The van der Waals surface area contributed by atoms with Crippen LogP contribution in [-0.2, 0) is 17.9 Å². The van der Waals surface area contributed by atoms with Gasteiger partial charge in [-0.15, -0.1) is 0 Å². The van der Waals surface area contributed by atoms with Gasteiger partial charge in [-0.05, 0) is 24.1 Å². The summed E-state index contributed by atoms with van der Waals surface area (Å²) in [5.41, 5.74) is 4.24. The summed E-state index contributed by atoms with van der Waals surface area (Å²) in [4.78, 5) is 17.8. The number of hydrogen-bond acceptors (Lipinski definition) is 5. The molecule has 7 heteroatoms. The molecule has 3 aromatic carbocycles. The van der Waals surface area contributed by atoms with Gasteiger partial charge in [-0.25, -0.2) is 4.68 Å². The zero-order valence-electron chi connectivity index (χ0n) is 18.8. The Bertz CT molecular complexity index is 1320. The summed E-state index contributed by atoms with van der Waals surface area (Å²) < 4.78 is 7.96. The number of carbonyl (C=O) groups excluding carboxylic acids is 1. The van der Waals surface area contributed by atoms with Crippen molar-refractivity contribution in [3.63, 3.8) is 0 Å². The highest BCUT2D eigenvalue weighted by Crippen LogP contribution is 2.38. The van der Waals surface area contributed by atoms with Crippen molar-refractivity contribution in [1.82, 2.24) is 20.1 Å². The molecule has 0 unspecified atom stereocenters. The number of aromatic nitrogens is 3. The smallest absolute Gasteiger partial charge is 0.251 e. The number of hydrogen-bond donors (Lipinski definition) is 2. The van der Waals surface area contributed by atoms with Crippen molar-refractivity contribution < 1.29 is 9.53 Å². The number of anilines is 1. The molecule has 0 radical (unpaired) electrons. The maximum Gasteiger partial charge on any atom is 0.251 e. The average molecular weight is 452 g/mol. The molecule has 4 aromatic rings. The van der Waals surface area contributed by atoms with Crippen LogP contribution in [0.2, 0.25) is 0 Å². The van der Waals surface area contributed by atoms with E-state index in [1.54, 1.807) is 4.68 Å². The molecular weight excluding hydrogens is 426 g/mol. The fourth-order valence-corrected chi connectivity index (χ4v) is 4.12. The van der Waals surface area contributed by atoms with Gasteiger partial charge in [0.25, 0.3) is 5.91 Å². The number of nitrogens with one attached hydrogen (secondary N) is 2. The van der Waals surface area contributed by atoms with E-state index in [0.29, 0.717) is 30.4 Å². The van der Waals surface area contributed by atoms with Gasteiger partial charge in [0.05, 0.1) is 5.57 Å². The molecule has 2 heterocycles. The molecule has 0 spiro atoms. The molecule has 5 rings (SSSR count). The number of fused-ring (bicyclic) bond motifs is 1. The second-order valence-electron chi connectivity index (χ2n) is 8.07. The van der Waals surface area contributed by atoms with Crippen LogP contribution in [0.15, 0.2) is 103 Å². The molecule has 0 aliphatic carbocycles. The molecule has 1 aromatic heterocycles. The minimum absolute atomic E-state index is 0.169. The lowest BCUT2D eigenvalue weighted by molar-refractivity contribution is -0.118. The Kier molecular flexibility index (Phi) is 6.07. The lowest BCUT2D eigenvalue weighted by Crippen LogP contribution is -2.35. The van der Waals surface area contributed by atoms with E-state index < -0.39 is 6.04 Å². The van der Waals surface area contributed by atoms with E-state index in [0.717, 1.165) is 22.4 Å². The van der Waals surface area contributed by atoms with Gasteiger partial charge in [0.1, 0.15) is 24.7 Å². The zero-order chi connectivity index (χ0) is 23.3. The first-order chi connectivity index (χ1) is 16.7. The van der Waals surface area contributed by atoms with E-state index in [2.05, 4.69) is 20.7 Å². The minimum Gasteiger partial charge on any atom is -0.489 e. The molecule has 0 saturated heterocycles. The van der Waals surface area contributed by atoms with E-state index in [1.165, 1.54) is 6.33 Å². The van der Waals surface area contributed by atoms with Gasteiger partial charge >= 0.3 is 0 Å². The summed E-state index contributed by atoms with van der Waals surface area (Å²) in [6.45, 7) is 2.74. The third-order valence-electron chi connectivity index (χ3n) is 5.79. The first kappa shape index (κ1) is 21.5. The third kappa shape index (κ3) is 4.41. The number of rotatable bonds is 7. The van der Waals surface area contributed by atoms with Gasteiger partial charge in [-0.2, -0.15) is 10.1 Å². The Morgan fingerprint density at radius 1 is 0.971 bits per heavy atom. The lowest BCUT2D eigenvalue weighted by atomic mass is 9.94. The number of amides is 1. The Hall–Kier alpha value is -4.39. The summed E-state index contributed by atoms with van der Waals surface area (Å²) in [5.74, 6) is 1.11. The summed E-state index contributed by atoms with van der Waals surface area (Å²) in [5, 5.41) is 10.7. The van der Waals surface area contributed by atoms with Crippen molar-refractivity contribution in [3.8, 4) is 5.75 Å². The molecule has 1 amide bonds. The van der Waals surface area contributed by atoms with Crippen molar-refractivity contribution in [2.45, 2.75) is 26.1 Å². The quantitative estimate of drug-likeness (QED) is 0.434. The zero-order valence-corrected chi connectivity index (χ0v) is 18.8. The van der Waals surface area contributed by atoms with Crippen LogP contribution in [0, 0.1) is 0 Å². The summed E-state index contributed by atoms with van der Waals surface area (Å²) in [6.07, 6.45) is 1.49. The van der Waals surface area contributed by atoms with Gasteiger partial charge in [0.15, 0.2) is 0 Å². The van der Waals surface area contributed by atoms with Gasteiger partial charge in [0, 0.05) is 17.8 Å². The number of benzene rings is 3. The number of nitrogens with zero attached hydrogens (tertiary/aromatic N) is 3. The first-order valence-corrected chi connectivity index (χ1v) is 11.2. The maximum atomic E-state index is 13.5. The van der Waals surface area contributed by atoms with Crippen molar-refractivity contribution in [3.05, 3.63) is 119 Å². The normalized spacial score (nSPS) is 14.8. The molecule has 0 saturated carbocycles. The molecule has 0 bridgehead atoms. The standard InChI is InChI=1S/C27H25N5O2/c1-19-24(26(33)28-16-20-10-4-2-5-11-20)25(32-27(31-19)29-18-30-32)22-14-8-9-15-23(22)34-17-21-12-6-3-7-13-21/h2-15,18,25H,16-17H2,1H3,(H,28,33)(H,29,30,31)/t25-/m0/s1. The van der Waals surface area contributed by atoms with Crippen molar-refractivity contribution in [2.24, 2.45) is 0 Å². The summed E-state index contributed by atoms with van der Waals surface area (Å²) >= 11 is 0. The van der Waals surface area contributed by atoms with E-state index >= 15 is 0 Å².